The first-order valence-corrected chi connectivity index (χ1v) is 6.08. The highest BCUT2D eigenvalue weighted by atomic mass is 17.2. The number of carboxylic acid groups (broad SMARTS) is 1. The molecular weight excluding hydrogens is 252 g/mol. The minimum absolute atomic E-state index is 0.0896. The van der Waals surface area contributed by atoms with Crippen LogP contribution in [0.15, 0.2) is 12.2 Å². The van der Waals surface area contributed by atoms with Crippen LogP contribution in [0.25, 0.3) is 0 Å². The van der Waals surface area contributed by atoms with Crippen molar-refractivity contribution in [2.45, 2.75) is 33.6 Å². The van der Waals surface area contributed by atoms with Crippen molar-refractivity contribution in [3.05, 3.63) is 12.2 Å². The molecule has 6 heteroatoms. The highest BCUT2D eigenvalue weighted by Gasteiger charge is 2.26. The summed E-state index contributed by atoms with van der Waals surface area (Å²) in [7, 11) is 0. The van der Waals surface area contributed by atoms with Crippen molar-refractivity contribution in [1.29, 1.82) is 0 Å². The highest BCUT2D eigenvalue weighted by molar-refractivity contribution is 5.86. The predicted molar refractivity (Wildman–Crippen MR) is 68.3 cm³/mol. The van der Waals surface area contributed by atoms with Crippen molar-refractivity contribution in [3.63, 3.8) is 0 Å². The predicted octanol–water partition coefficient (Wildman–Crippen LogP) is 1.94. The van der Waals surface area contributed by atoms with E-state index in [1.54, 1.807) is 20.8 Å². The fourth-order valence-electron chi connectivity index (χ4n) is 1.09. The van der Waals surface area contributed by atoms with Crippen molar-refractivity contribution in [1.82, 2.24) is 0 Å². The molecule has 0 rings (SSSR count). The molecule has 0 aliphatic heterocycles. The molecule has 0 amide bonds. The molecule has 0 unspecified atom stereocenters. The van der Waals surface area contributed by atoms with E-state index in [9.17, 15) is 9.59 Å². The van der Waals surface area contributed by atoms with E-state index in [1.807, 2.05) is 0 Å². The molecular formula is C13H22O6. The molecule has 0 aliphatic carbocycles. The molecule has 1 N–H and O–H groups in total. The highest BCUT2D eigenvalue weighted by Crippen LogP contribution is 2.22. The van der Waals surface area contributed by atoms with Crippen LogP contribution in [0.5, 0.6) is 0 Å². The van der Waals surface area contributed by atoms with E-state index in [0.717, 1.165) is 0 Å². The van der Waals surface area contributed by atoms with Gasteiger partial charge in [-0.15, -0.1) is 0 Å². The van der Waals surface area contributed by atoms with Gasteiger partial charge in [0, 0.05) is 5.57 Å². The topological polar surface area (TPSA) is 82.1 Å². The van der Waals surface area contributed by atoms with E-state index >= 15 is 0 Å². The zero-order valence-corrected chi connectivity index (χ0v) is 11.7. The minimum atomic E-state index is -0.833. The van der Waals surface area contributed by atoms with E-state index in [2.05, 4.69) is 6.58 Å². The number of aliphatic carboxylic acids is 1. The van der Waals surface area contributed by atoms with Gasteiger partial charge in [0.05, 0.1) is 12.0 Å². The number of ether oxygens (including phenoxy) is 1. The minimum Gasteiger partial charge on any atom is -0.481 e. The Hall–Kier alpha value is -1.40. The Morgan fingerprint density at radius 2 is 1.74 bits per heavy atom. The molecule has 19 heavy (non-hydrogen) atoms. The van der Waals surface area contributed by atoms with Crippen LogP contribution in [0, 0.1) is 5.41 Å². The van der Waals surface area contributed by atoms with Crippen LogP contribution in [0.1, 0.15) is 33.6 Å². The Bertz CT molecular complexity index is 321. The third-order valence-corrected chi connectivity index (χ3v) is 2.44. The van der Waals surface area contributed by atoms with Crippen LogP contribution in [0.4, 0.5) is 0 Å². The van der Waals surface area contributed by atoms with Gasteiger partial charge in [-0.05, 0) is 33.6 Å². The molecule has 0 heterocycles. The van der Waals surface area contributed by atoms with Crippen LogP contribution in [0.2, 0.25) is 0 Å². The zero-order chi connectivity index (χ0) is 14.9. The summed E-state index contributed by atoms with van der Waals surface area (Å²) in [4.78, 5) is 31.4. The van der Waals surface area contributed by atoms with Gasteiger partial charge in [-0.25, -0.2) is 14.6 Å². The number of hydrogen-bond acceptors (Lipinski definition) is 5. The molecule has 0 fully saturated rings. The Labute approximate surface area is 113 Å². The third-order valence-electron chi connectivity index (χ3n) is 2.44. The normalized spacial score (nSPS) is 11.1. The maximum absolute atomic E-state index is 11.0. The Kier molecular flexibility index (Phi) is 8.02. The lowest BCUT2D eigenvalue weighted by Gasteiger charge is -2.18. The summed E-state index contributed by atoms with van der Waals surface area (Å²) in [6, 6.07) is 0. The largest absolute Gasteiger partial charge is 0.481 e. The summed E-state index contributed by atoms with van der Waals surface area (Å²) in [6.07, 6.45) is 1.07. The van der Waals surface area contributed by atoms with E-state index in [-0.39, 0.29) is 13.2 Å². The third kappa shape index (κ3) is 8.34. The number of rotatable bonds is 10. The van der Waals surface area contributed by atoms with Crippen LogP contribution < -0.4 is 0 Å². The number of hydrogen-bond donors (Lipinski definition) is 1. The molecule has 0 bridgehead atoms. The van der Waals surface area contributed by atoms with Gasteiger partial charge in [0.2, 0.25) is 0 Å². The van der Waals surface area contributed by atoms with Gasteiger partial charge in [-0.3, -0.25) is 4.79 Å². The van der Waals surface area contributed by atoms with Gasteiger partial charge in [0.1, 0.15) is 13.2 Å². The molecule has 110 valence electrons. The molecule has 0 aromatic rings. The molecule has 0 atom stereocenters. The van der Waals surface area contributed by atoms with Gasteiger partial charge in [-0.2, -0.15) is 0 Å². The fraction of sp³-hybridized carbons (Fsp3) is 0.692. The van der Waals surface area contributed by atoms with Crippen molar-refractivity contribution < 1.29 is 29.2 Å². The first-order chi connectivity index (χ1) is 8.77. The van der Waals surface area contributed by atoms with Gasteiger partial charge >= 0.3 is 11.9 Å². The van der Waals surface area contributed by atoms with Crippen LogP contribution >= 0.6 is 0 Å². The molecule has 0 spiro atoms. The van der Waals surface area contributed by atoms with E-state index in [1.165, 1.54) is 0 Å². The SMILES string of the molecule is C=C(C)C(=O)OCCOOCCCC(C)(C)C(=O)O. The standard InChI is InChI=1S/C13H22O6/c1-10(2)11(14)17-8-9-19-18-7-5-6-13(3,4)12(15)16/h1,5-9H2,2-4H3,(H,15,16). The van der Waals surface area contributed by atoms with Crippen LogP contribution in [-0.2, 0) is 24.1 Å². The van der Waals surface area contributed by atoms with Gasteiger partial charge in [0.15, 0.2) is 0 Å². The lowest BCUT2D eigenvalue weighted by atomic mass is 9.88. The zero-order valence-electron chi connectivity index (χ0n) is 11.7. The monoisotopic (exact) mass is 274 g/mol. The second kappa shape index (κ2) is 8.66. The van der Waals surface area contributed by atoms with Crippen molar-refractivity contribution in [3.8, 4) is 0 Å². The fourth-order valence-corrected chi connectivity index (χ4v) is 1.09. The average molecular weight is 274 g/mol. The summed E-state index contributed by atoms with van der Waals surface area (Å²) >= 11 is 0. The summed E-state index contributed by atoms with van der Waals surface area (Å²) in [5.41, 5.74) is -0.433. The maximum Gasteiger partial charge on any atom is 0.333 e. The molecule has 0 aliphatic rings. The van der Waals surface area contributed by atoms with Crippen LogP contribution in [0.3, 0.4) is 0 Å². The molecule has 0 aromatic heterocycles. The quantitative estimate of drug-likeness (QED) is 0.215. The van der Waals surface area contributed by atoms with E-state index < -0.39 is 17.4 Å². The number of carbonyl (C=O) groups is 2. The lowest BCUT2D eigenvalue weighted by Crippen LogP contribution is -2.24. The molecule has 6 nitrogen and oxygen atoms in total. The average Bonchev–Trinajstić information content (AvgIpc) is 2.31. The first kappa shape index (κ1) is 17.6. The summed E-state index contributed by atoms with van der Waals surface area (Å²) in [5, 5.41) is 8.88. The molecule has 0 aromatic carbocycles. The van der Waals surface area contributed by atoms with E-state index in [0.29, 0.717) is 25.0 Å². The number of carbonyl (C=O) groups excluding carboxylic acids is 1. The smallest absolute Gasteiger partial charge is 0.333 e. The summed E-state index contributed by atoms with van der Waals surface area (Å²) < 4.78 is 4.77. The van der Waals surface area contributed by atoms with E-state index in [4.69, 9.17) is 19.6 Å². The molecule has 0 saturated carbocycles. The van der Waals surface area contributed by atoms with Crippen molar-refractivity contribution >= 4 is 11.9 Å². The Morgan fingerprint density at radius 1 is 1.16 bits per heavy atom. The Balaban J connectivity index is 3.45. The van der Waals surface area contributed by atoms with Gasteiger partial charge in [0.25, 0.3) is 0 Å². The van der Waals surface area contributed by atoms with Crippen LogP contribution in [-0.4, -0.2) is 36.9 Å². The van der Waals surface area contributed by atoms with Crippen molar-refractivity contribution in [2.24, 2.45) is 5.41 Å². The maximum atomic E-state index is 11.0. The second-order valence-corrected chi connectivity index (χ2v) is 4.85. The number of esters is 1. The summed E-state index contributed by atoms with van der Waals surface area (Å²) in [6.45, 7) is 8.83. The van der Waals surface area contributed by atoms with Gasteiger partial charge < -0.3 is 9.84 Å². The Morgan fingerprint density at radius 3 is 2.26 bits per heavy atom. The van der Waals surface area contributed by atoms with Crippen molar-refractivity contribution in [2.75, 3.05) is 19.8 Å². The molecule has 0 radical (unpaired) electrons. The first-order valence-electron chi connectivity index (χ1n) is 6.08. The molecule has 0 saturated heterocycles. The second-order valence-electron chi connectivity index (χ2n) is 4.85. The summed E-state index contributed by atoms with van der Waals surface area (Å²) in [5.74, 6) is -1.30. The number of carboxylic acids is 1. The lowest BCUT2D eigenvalue weighted by molar-refractivity contribution is -0.298. The van der Waals surface area contributed by atoms with Gasteiger partial charge in [-0.1, -0.05) is 6.58 Å².